The lowest BCUT2D eigenvalue weighted by Crippen LogP contribution is -2.33. The van der Waals surface area contributed by atoms with Gasteiger partial charge in [0.2, 0.25) is 5.91 Å². The van der Waals surface area contributed by atoms with Crippen molar-refractivity contribution in [3.63, 3.8) is 0 Å². The van der Waals surface area contributed by atoms with Crippen LogP contribution in [0.5, 0.6) is 0 Å². The van der Waals surface area contributed by atoms with Crippen LogP contribution in [0.1, 0.15) is 26.7 Å². The average Bonchev–Trinajstić information content (AvgIpc) is 2.31. The van der Waals surface area contributed by atoms with E-state index in [2.05, 4.69) is 5.32 Å². The molecule has 0 aliphatic heterocycles. The van der Waals surface area contributed by atoms with Crippen LogP contribution in [-0.4, -0.2) is 48.2 Å². The van der Waals surface area contributed by atoms with Gasteiger partial charge in [0.15, 0.2) is 6.10 Å². The number of carboxylic acid groups (broad SMARTS) is 1. The van der Waals surface area contributed by atoms with Gasteiger partial charge in [0.25, 0.3) is 0 Å². The molecule has 0 aliphatic rings. The SMILES string of the molecule is CC(=O)NCC(=O)OC(C)C(=O)OCCCC(=O)O. The number of carboxylic acids is 1. The van der Waals surface area contributed by atoms with Crippen molar-refractivity contribution in [2.24, 2.45) is 0 Å². The van der Waals surface area contributed by atoms with Crippen LogP contribution in [-0.2, 0) is 28.7 Å². The quantitative estimate of drug-likeness (QED) is 0.451. The first-order chi connectivity index (χ1) is 8.82. The summed E-state index contributed by atoms with van der Waals surface area (Å²) >= 11 is 0. The number of nitrogens with one attached hydrogen (secondary N) is 1. The number of esters is 2. The minimum atomic E-state index is -1.11. The van der Waals surface area contributed by atoms with Crippen LogP contribution in [0.4, 0.5) is 0 Å². The molecule has 0 fully saturated rings. The second-order valence-corrected chi connectivity index (χ2v) is 3.71. The monoisotopic (exact) mass is 275 g/mol. The molecule has 0 aromatic heterocycles. The first-order valence-electron chi connectivity index (χ1n) is 5.65. The van der Waals surface area contributed by atoms with Gasteiger partial charge in [-0.25, -0.2) is 4.79 Å². The van der Waals surface area contributed by atoms with Crippen LogP contribution in [0, 0.1) is 0 Å². The van der Waals surface area contributed by atoms with Gasteiger partial charge < -0.3 is 19.9 Å². The molecule has 0 saturated heterocycles. The molecule has 0 aromatic carbocycles. The Morgan fingerprint density at radius 3 is 2.42 bits per heavy atom. The van der Waals surface area contributed by atoms with Crippen molar-refractivity contribution in [3.8, 4) is 0 Å². The number of rotatable bonds is 8. The van der Waals surface area contributed by atoms with Crippen molar-refractivity contribution in [2.45, 2.75) is 32.8 Å². The van der Waals surface area contributed by atoms with E-state index in [1.807, 2.05) is 0 Å². The van der Waals surface area contributed by atoms with Crippen molar-refractivity contribution in [1.82, 2.24) is 5.32 Å². The zero-order valence-electron chi connectivity index (χ0n) is 10.8. The van der Waals surface area contributed by atoms with Crippen LogP contribution < -0.4 is 5.32 Å². The van der Waals surface area contributed by atoms with Gasteiger partial charge in [0.05, 0.1) is 6.61 Å². The van der Waals surface area contributed by atoms with Gasteiger partial charge in [-0.05, 0) is 13.3 Å². The van der Waals surface area contributed by atoms with Crippen LogP contribution in [0.25, 0.3) is 0 Å². The molecule has 1 unspecified atom stereocenters. The molecule has 1 amide bonds. The van der Waals surface area contributed by atoms with Gasteiger partial charge in [-0.15, -0.1) is 0 Å². The Kier molecular flexibility index (Phi) is 7.90. The van der Waals surface area contributed by atoms with Gasteiger partial charge in [-0.2, -0.15) is 0 Å². The van der Waals surface area contributed by atoms with Gasteiger partial charge in [0.1, 0.15) is 6.54 Å². The molecule has 8 nitrogen and oxygen atoms in total. The molecule has 8 heteroatoms. The lowest BCUT2D eigenvalue weighted by atomic mass is 10.3. The summed E-state index contributed by atoms with van der Waals surface area (Å²) in [6.07, 6.45) is -1.02. The maximum absolute atomic E-state index is 11.3. The largest absolute Gasteiger partial charge is 0.481 e. The van der Waals surface area contributed by atoms with E-state index in [9.17, 15) is 19.2 Å². The van der Waals surface area contributed by atoms with Gasteiger partial charge in [-0.1, -0.05) is 0 Å². The predicted molar refractivity (Wildman–Crippen MR) is 62.1 cm³/mol. The minimum absolute atomic E-state index is 0.0568. The normalized spacial score (nSPS) is 11.3. The molecular weight excluding hydrogens is 258 g/mol. The Bertz CT molecular complexity index is 353. The van der Waals surface area contributed by atoms with Gasteiger partial charge in [0, 0.05) is 13.3 Å². The fourth-order valence-electron chi connectivity index (χ4n) is 0.997. The number of ether oxygens (including phenoxy) is 2. The molecule has 0 saturated carbocycles. The molecule has 0 aliphatic carbocycles. The van der Waals surface area contributed by atoms with Crippen LogP contribution in [0.2, 0.25) is 0 Å². The fourth-order valence-corrected chi connectivity index (χ4v) is 0.997. The highest BCUT2D eigenvalue weighted by Crippen LogP contribution is 1.98. The third-order valence-electron chi connectivity index (χ3n) is 1.90. The summed E-state index contributed by atoms with van der Waals surface area (Å²) in [5.41, 5.74) is 0. The lowest BCUT2D eigenvalue weighted by Gasteiger charge is -2.12. The molecule has 0 heterocycles. The van der Waals surface area contributed by atoms with Crippen molar-refractivity contribution in [1.29, 1.82) is 0 Å². The van der Waals surface area contributed by atoms with Crippen molar-refractivity contribution in [3.05, 3.63) is 0 Å². The van der Waals surface area contributed by atoms with Gasteiger partial charge >= 0.3 is 17.9 Å². The Hall–Kier alpha value is -2.12. The third kappa shape index (κ3) is 9.57. The summed E-state index contributed by atoms with van der Waals surface area (Å²) in [4.78, 5) is 43.2. The van der Waals surface area contributed by atoms with E-state index in [0.717, 1.165) is 0 Å². The first-order valence-corrected chi connectivity index (χ1v) is 5.65. The highest BCUT2D eigenvalue weighted by molar-refractivity contribution is 5.83. The van der Waals surface area contributed by atoms with Crippen LogP contribution >= 0.6 is 0 Å². The second-order valence-electron chi connectivity index (χ2n) is 3.71. The number of carbonyl (C=O) groups is 4. The van der Waals surface area contributed by atoms with Crippen LogP contribution in [0.3, 0.4) is 0 Å². The van der Waals surface area contributed by atoms with E-state index < -0.39 is 24.0 Å². The van der Waals surface area contributed by atoms with E-state index in [-0.39, 0.29) is 31.9 Å². The number of aliphatic carboxylic acids is 1. The smallest absolute Gasteiger partial charge is 0.347 e. The molecule has 108 valence electrons. The van der Waals surface area contributed by atoms with Gasteiger partial charge in [-0.3, -0.25) is 14.4 Å². The summed E-state index contributed by atoms with van der Waals surface area (Å²) in [6, 6.07) is 0. The molecule has 0 spiro atoms. The predicted octanol–water partition coefficient (Wildman–Crippen LogP) is -0.538. The lowest BCUT2D eigenvalue weighted by molar-refractivity contribution is -0.166. The topological polar surface area (TPSA) is 119 Å². The summed E-state index contributed by atoms with van der Waals surface area (Å²) in [5, 5.41) is 10.6. The molecule has 1 atom stereocenters. The molecule has 0 bridgehead atoms. The maximum Gasteiger partial charge on any atom is 0.347 e. The number of amides is 1. The average molecular weight is 275 g/mol. The molecule has 0 aromatic rings. The molecule has 2 N–H and O–H groups in total. The van der Waals surface area contributed by atoms with E-state index in [1.54, 1.807) is 0 Å². The van der Waals surface area contributed by atoms with E-state index >= 15 is 0 Å². The molecule has 0 rings (SSSR count). The Morgan fingerprint density at radius 2 is 1.89 bits per heavy atom. The highest BCUT2D eigenvalue weighted by atomic mass is 16.6. The Labute approximate surface area is 110 Å². The van der Waals surface area contributed by atoms with Crippen molar-refractivity contribution < 1.29 is 33.8 Å². The molecule has 19 heavy (non-hydrogen) atoms. The maximum atomic E-state index is 11.3. The second kappa shape index (κ2) is 8.90. The summed E-state index contributed by atoms with van der Waals surface area (Å²) < 4.78 is 9.41. The number of hydrogen-bond acceptors (Lipinski definition) is 6. The van der Waals surface area contributed by atoms with E-state index in [4.69, 9.17) is 14.6 Å². The zero-order valence-corrected chi connectivity index (χ0v) is 10.8. The zero-order chi connectivity index (χ0) is 14.8. The fraction of sp³-hybridized carbons (Fsp3) is 0.636. The third-order valence-corrected chi connectivity index (χ3v) is 1.90. The Morgan fingerprint density at radius 1 is 1.26 bits per heavy atom. The summed E-state index contributed by atoms with van der Waals surface area (Å²) in [6.45, 7) is 2.18. The minimum Gasteiger partial charge on any atom is -0.481 e. The van der Waals surface area contributed by atoms with Crippen LogP contribution in [0.15, 0.2) is 0 Å². The van der Waals surface area contributed by atoms with Crippen molar-refractivity contribution >= 4 is 23.8 Å². The van der Waals surface area contributed by atoms with E-state index in [1.165, 1.54) is 13.8 Å². The Balaban J connectivity index is 3.83. The van der Waals surface area contributed by atoms with E-state index in [0.29, 0.717) is 0 Å². The standard InChI is InChI=1S/C11H17NO7/c1-7(19-10(16)6-12-8(2)13)11(17)18-5-3-4-9(14)15/h7H,3-6H2,1-2H3,(H,12,13)(H,14,15). The van der Waals surface area contributed by atoms with Crippen molar-refractivity contribution in [2.75, 3.05) is 13.2 Å². The highest BCUT2D eigenvalue weighted by Gasteiger charge is 2.19. The number of carbonyl (C=O) groups excluding carboxylic acids is 3. The number of hydrogen-bond donors (Lipinski definition) is 2. The molecular formula is C11H17NO7. The summed E-state index contributed by atoms with van der Waals surface area (Å²) in [5.74, 6) is -2.89. The summed E-state index contributed by atoms with van der Waals surface area (Å²) in [7, 11) is 0. The first kappa shape index (κ1) is 16.9. The molecule has 0 radical (unpaired) electrons.